The number of aliphatic hydroxyl groups excluding tert-OH is 1. The second-order valence-corrected chi connectivity index (χ2v) is 13.3. The number of carbonyl (C=O) groups is 4. The Labute approximate surface area is 244 Å². The van der Waals surface area contributed by atoms with Crippen LogP contribution in [-0.2, 0) is 38.1 Å². The molecular weight excluding hydrogens is 528 g/mol. The molecule has 0 heterocycles. The van der Waals surface area contributed by atoms with Crippen LogP contribution >= 0.6 is 0 Å². The molecule has 2 fully saturated rings. The Kier molecular flexibility index (Phi) is 10.4. The van der Waals surface area contributed by atoms with Gasteiger partial charge in [0.1, 0.15) is 24.4 Å². The molecule has 3 aliphatic rings. The predicted octanol–water partition coefficient (Wildman–Crippen LogP) is 4.92. The van der Waals surface area contributed by atoms with E-state index >= 15 is 0 Å². The molecule has 41 heavy (non-hydrogen) atoms. The lowest BCUT2D eigenvalue weighted by Crippen LogP contribution is -2.61. The van der Waals surface area contributed by atoms with Crippen molar-refractivity contribution >= 4 is 23.9 Å². The van der Waals surface area contributed by atoms with Crippen molar-refractivity contribution in [3.8, 4) is 0 Å². The summed E-state index contributed by atoms with van der Waals surface area (Å²) in [5.74, 6) is -2.14. The summed E-state index contributed by atoms with van der Waals surface area (Å²) >= 11 is 0. The predicted molar refractivity (Wildman–Crippen MR) is 151 cm³/mol. The molecule has 0 spiro atoms. The Morgan fingerprint density at radius 1 is 0.902 bits per heavy atom. The number of allylic oxidation sites excluding steroid dienone is 1. The number of hydrogen-bond donors (Lipinski definition) is 1. The third-order valence-corrected chi connectivity index (χ3v) is 9.75. The third kappa shape index (κ3) is 6.50. The molecule has 0 aliphatic heterocycles. The molecule has 0 aromatic rings. The van der Waals surface area contributed by atoms with Gasteiger partial charge in [-0.15, -0.1) is 0 Å². The van der Waals surface area contributed by atoms with E-state index in [-0.39, 0.29) is 36.1 Å². The lowest BCUT2D eigenvalue weighted by molar-refractivity contribution is -0.215. The minimum atomic E-state index is -1.20. The van der Waals surface area contributed by atoms with Gasteiger partial charge in [0.05, 0.1) is 0 Å². The Morgan fingerprint density at radius 3 is 1.98 bits per heavy atom. The highest BCUT2D eigenvalue weighted by Gasteiger charge is 2.69. The first kappa shape index (κ1) is 33.1. The maximum Gasteiger partial charge on any atom is 0.306 e. The molecule has 0 radical (unpaired) electrons. The Balaban J connectivity index is 2.26. The molecule has 3 aliphatic carbocycles. The van der Waals surface area contributed by atoms with E-state index in [0.29, 0.717) is 37.7 Å². The summed E-state index contributed by atoms with van der Waals surface area (Å²) in [6.07, 6.45) is 0.283. The molecule has 9 heteroatoms. The Hall–Kier alpha value is -2.42. The summed E-state index contributed by atoms with van der Waals surface area (Å²) in [5, 5.41) is 11.5. The maximum atomic E-state index is 13.0. The summed E-state index contributed by atoms with van der Waals surface area (Å²) in [7, 11) is 0. The molecule has 0 aromatic heterocycles. The lowest BCUT2D eigenvalue weighted by Gasteiger charge is -2.57. The second-order valence-electron chi connectivity index (χ2n) is 13.3. The molecule has 232 valence electrons. The van der Waals surface area contributed by atoms with Crippen molar-refractivity contribution in [2.75, 3.05) is 0 Å². The molecule has 0 amide bonds. The van der Waals surface area contributed by atoms with E-state index in [1.807, 2.05) is 26.8 Å². The molecule has 0 unspecified atom stereocenters. The van der Waals surface area contributed by atoms with Gasteiger partial charge in [-0.3, -0.25) is 19.2 Å². The van der Waals surface area contributed by atoms with Crippen molar-refractivity contribution in [1.29, 1.82) is 0 Å². The van der Waals surface area contributed by atoms with Crippen molar-refractivity contribution in [1.82, 2.24) is 0 Å². The largest absolute Gasteiger partial charge is 0.462 e. The van der Waals surface area contributed by atoms with Crippen LogP contribution in [-0.4, -0.2) is 59.5 Å². The molecule has 1 N–H and O–H groups in total. The van der Waals surface area contributed by atoms with Gasteiger partial charge in [-0.25, -0.2) is 0 Å². The highest BCUT2D eigenvalue weighted by molar-refractivity contribution is 5.70. The topological polar surface area (TPSA) is 125 Å². The summed E-state index contributed by atoms with van der Waals surface area (Å²) in [5.41, 5.74) is -0.839. The number of esters is 4. The van der Waals surface area contributed by atoms with E-state index in [1.54, 1.807) is 6.92 Å². The van der Waals surface area contributed by atoms with Gasteiger partial charge in [0.2, 0.25) is 0 Å². The van der Waals surface area contributed by atoms with Crippen LogP contribution in [0.3, 0.4) is 0 Å². The van der Waals surface area contributed by atoms with Gasteiger partial charge in [0.15, 0.2) is 6.10 Å². The second kappa shape index (κ2) is 12.8. The van der Waals surface area contributed by atoms with E-state index in [2.05, 4.69) is 20.8 Å². The van der Waals surface area contributed by atoms with Gasteiger partial charge in [-0.1, -0.05) is 47.6 Å². The number of rotatable bonds is 9. The van der Waals surface area contributed by atoms with Gasteiger partial charge in [0, 0.05) is 43.4 Å². The number of ether oxygens (including phenoxy) is 4. The minimum absolute atomic E-state index is 0.0954. The van der Waals surface area contributed by atoms with Crippen molar-refractivity contribution in [2.45, 2.75) is 131 Å². The first-order valence-electron chi connectivity index (χ1n) is 15.2. The fourth-order valence-electron chi connectivity index (χ4n) is 8.03. The normalized spacial score (nSPS) is 38.2. The van der Waals surface area contributed by atoms with E-state index in [9.17, 15) is 24.3 Å². The molecule has 0 saturated heterocycles. The highest BCUT2D eigenvalue weighted by Crippen LogP contribution is 2.67. The van der Waals surface area contributed by atoms with Gasteiger partial charge < -0.3 is 24.1 Å². The zero-order chi connectivity index (χ0) is 30.9. The monoisotopic (exact) mass is 578 g/mol. The van der Waals surface area contributed by atoms with Crippen molar-refractivity contribution in [2.24, 2.45) is 34.5 Å². The van der Waals surface area contributed by atoms with Crippen molar-refractivity contribution < 1.29 is 43.2 Å². The van der Waals surface area contributed by atoms with E-state index < -0.39 is 59.3 Å². The van der Waals surface area contributed by atoms with Crippen LogP contribution in [0.15, 0.2) is 11.6 Å². The lowest BCUT2D eigenvalue weighted by atomic mass is 9.49. The molecular formula is C32H50O9. The van der Waals surface area contributed by atoms with Crippen LogP contribution in [0.4, 0.5) is 0 Å². The average Bonchev–Trinajstić information content (AvgIpc) is 3.12. The van der Waals surface area contributed by atoms with Crippen LogP contribution < -0.4 is 0 Å². The van der Waals surface area contributed by atoms with Gasteiger partial charge >= 0.3 is 23.9 Å². The first-order chi connectivity index (χ1) is 19.1. The van der Waals surface area contributed by atoms with Gasteiger partial charge in [-0.2, -0.15) is 0 Å². The van der Waals surface area contributed by atoms with Crippen LogP contribution in [0.2, 0.25) is 0 Å². The summed E-state index contributed by atoms with van der Waals surface area (Å²) in [6, 6.07) is 0. The zero-order valence-electron chi connectivity index (χ0n) is 26.2. The van der Waals surface area contributed by atoms with Crippen LogP contribution in [0.25, 0.3) is 0 Å². The number of carbonyl (C=O) groups excluding carboxylic acids is 4. The van der Waals surface area contributed by atoms with Crippen LogP contribution in [0.5, 0.6) is 0 Å². The molecule has 0 bridgehead atoms. The summed E-state index contributed by atoms with van der Waals surface area (Å²) < 4.78 is 24.0. The standard InChI is InChI=1S/C32H50O9/c1-10-12-24(35)40-22-15-32(9)23(38-19(6)33)16-31(8)21(27(32)26(22)17(3)4)14-18(5)28(37)29(39-20(7)34)30(31)41-25(36)13-11-2/h14,17,21-23,26-30,37H,10-13,15-16H2,1-9H3/t21-,22-,23-,26-,27+,28-,29-,30+,31+,32-/m0/s1. The third-order valence-electron chi connectivity index (χ3n) is 9.75. The van der Waals surface area contributed by atoms with Crippen LogP contribution in [0.1, 0.15) is 101 Å². The number of hydrogen-bond acceptors (Lipinski definition) is 9. The number of fused-ring (bicyclic) bond motifs is 3. The average molecular weight is 579 g/mol. The minimum Gasteiger partial charge on any atom is -0.462 e. The molecule has 9 nitrogen and oxygen atoms in total. The highest BCUT2D eigenvalue weighted by atomic mass is 16.6. The van der Waals surface area contributed by atoms with Gasteiger partial charge in [0.25, 0.3) is 0 Å². The van der Waals surface area contributed by atoms with Gasteiger partial charge in [-0.05, 0) is 55.9 Å². The fourth-order valence-corrected chi connectivity index (χ4v) is 8.03. The summed E-state index contributed by atoms with van der Waals surface area (Å²) in [4.78, 5) is 50.5. The number of aliphatic hydroxyl groups is 1. The van der Waals surface area contributed by atoms with Crippen molar-refractivity contribution in [3.63, 3.8) is 0 Å². The van der Waals surface area contributed by atoms with E-state index in [4.69, 9.17) is 18.9 Å². The summed E-state index contributed by atoms with van der Waals surface area (Å²) in [6.45, 7) is 16.5. The fraction of sp³-hybridized carbons (Fsp3) is 0.812. The first-order valence-corrected chi connectivity index (χ1v) is 15.2. The SMILES string of the molecule is CCCC(=O)O[C@H]1C[C@]2(C)[C@@H]([C@H]1C(C)C)[C@@H]1C=C(C)[C@H](O)[C@H](OC(C)=O)[C@@H](OC(=O)CCC)[C@]1(C)C[C@@H]2OC(C)=O. The smallest absolute Gasteiger partial charge is 0.306 e. The quantitative estimate of drug-likeness (QED) is 0.230. The van der Waals surface area contributed by atoms with Crippen LogP contribution in [0, 0.1) is 34.5 Å². The zero-order valence-corrected chi connectivity index (χ0v) is 26.2. The Bertz CT molecular complexity index is 1030. The molecule has 2 saturated carbocycles. The molecule has 0 aromatic carbocycles. The Morgan fingerprint density at radius 2 is 1.46 bits per heavy atom. The molecule has 3 rings (SSSR count). The van der Waals surface area contributed by atoms with E-state index in [0.717, 1.165) is 0 Å². The molecule has 10 atom stereocenters. The maximum absolute atomic E-state index is 13.0. The van der Waals surface area contributed by atoms with E-state index in [1.165, 1.54) is 13.8 Å². The van der Waals surface area contributed by atoms with Crippen molar-refractivity contribution in [3.05, 3.63) is 11.6 Å².